The van der Waals surface area contributed by atoms with E-state index in [0.717, 1.165) is 19.8 Å². The van der Waals surface area contributed by atoms with Crippen molar-refractivity contribution in [3.63, 3.8) is 0 Å². The normalized spacial score (nSPS) is 13.2. The summed E-state index contributed by atoms with van der Waals surface area (Å²) in [6, 6.07) is 8.85. The lowest BCUT2D eigenvalue weighted by molar-refractivity contribution is -0.738. The first-order valence-corrected chi connectivity index (χ1v) is 10.6. The number of carboxylic acid groups (broad SMARTS) is 1. The van der Waals surface area contributed by atoms with E-state index in [1.165, 1.54) is 11.0 Å². The van der Waals surface area contributed by atoms with Crippen LogP contribution in [0.4, 0.5) is 0 Å². The average Bonchev–Trinajstić information content (AvgIpc) is 2.82. The molecule has 0 spiro atoms. The van der Waals surface area contributed by atoms with Crippen LogP contribution in [0.1, 0.15) is 89.0 Å². The number of benzene rings is 1. The van der Waals surface area contributed by atoms with Gasteiger partial charge < -0.3 is 9.90 Å². The maximum atomic E-state index is 8.89. The van der Waals surface area contributed by atoms with Gasteiger partial charge in [0.15, 0.2) is 11.0 Å². The van der Waals surface area contributed by atoms with Crippen LogP contribution in [-0.4, -0.2) is 10.5 Å². The molecule has 0 saturated carbocycles. The highest BCUT2D eigenvalue weighted by atomic mass is 16.4. The zero-order valence-electron chi connectivity index (χ0n) is 20.5. The standard InChI is InChI=1S/C23H39N2.C2H4O2/c1-20(2,3)15-22(7,8)24-17-25(19-14-12-11-13-18(19)24)23(9,10)16-21(4,5)6;1-2(3)4/h11-14,17H,15-16H2,1-10H3;1H3,(H,3,4)/q+1;/p-1. The zero-order chi connectivity index (χ0) is 22.8. The summed E-state index contributed by atoms with van der Waals surface area (Å²) in [5, 5.41) is 8.89. The first-order chi connectivity index (χ1) is 12.9. The number of nitrogens with zero attached hydrogens (tertiary/aromatic N) is 2. The van der Waals surface area contributed by atoms with Gasteiger partial charge in [-0.3, -0.25) is 0 Å². The van der Waals surface area contributed by atoms with E-state index in [2.05, 4.69) is 109 Å². The minimum Gasteiger partial charge on any atom is -0.550 e. The van der Waals surface area contributed by atoms with Gasteiger partial charge in [-0.15, -0.1) is 0 Å². The van der Waals surface area contributed by atoms with Crippen molar-refractivity contribution in [2.45, 2.75) is 100 Å². The third-order valence-corrected chi connectivity index (χ3v) is 4.86. The van der Waals surface area contributed by atoms with Crippen LogP contribution in [0, 0.1) is 10.8 Å². The van der Waals surface area contributed by atoms with Gasteiger partial charge in [0.2, 0.25) is 6.33 Å². The maximum Gasteiger partial charge on any atom is 0.245 e. The molecule has 0 aliphatic heterocycles. The van der Waals surface area contributed by atoms with Crippen molar-refractivity contribution in [3.8, 4) is 0 Å². The number of hydrogen-bond donors (Lipinski definition) is 0. The monoisotopic (exact) mass is 402 g/mol. The predicted molar refractivity (Wildman–Crippen MR) is 120 cm³/mol. The molecule has 1 aromatic heterocycles. The maximum absolute atomic E-state index is 8.89. The molecule has 0 aliphatic rings. The third kappa shape index (κ3) is 7.49. The van der Waals surface area contributed by atoms with E-state index in [9.17, 15) is 0 Å². The Morgan fingerprint density at radius 3 is 1.79 bits per heavy atom. The van der Waals surface area contributed by atoms with Crippen LogP contribution in [0.2, 0.25) is 0 Å². The Hall–Kier alpha value is -1.84. The van der Waals surface area contributed by atoms with E-state index in [4.69, 9.17) is 9.90 Å². The van der Waals surface area contributed by atoms with Gasteiger partial charge >= 0.3 is 0 Å². The zero-order valence-corrected chi connectivity index (χ0v) is 20.5. The molecule has 0 N–H and O–H groups in total. The number of imidazole rings is 1. The molecule has 0 saturated heterocycles. The summed E-state index contributed by atoms with van der Waals surface area (Å²) in [6.07, 6.45) is 4.64. The average molecular weight is 403 g/mol. The Labute approximate surface area is 177 Å². The largest absolute Gasteiger partial charge is 0.550 e. The Morgan fingerprint density at radius 2 is 1.34 bits per heavy atom. The topological polar surface area (TPSA) is 48.9 Å². The van der Waals surface area contributed by atoms with E-state index in [-0.39, 0.29) is 11.1 Å². The molecule has 0 aliphatic carbocycles. The summed E-state index contributed by atoms with van der Waals surface area (Å²) < 4.78 is 5.00. The number of para-hydroxylation sites is 2. The number of fused-ring (bicyclic) bond motifs is 1. The molecule has 0 amide bonds. The van der Waals surface area contributed by atoms with Gasteiger partial charge in [-0.25, -0.2) is 9.13 Å². The molecular formula is C25H42N2O2. The van der Waals surface area contributed by atoms with Gasteiger partial charge in [-0.05, 0) is 70.4 Å². The van der Waals surface area contributed by atoms with Crippen LogP contribution in [0.3, 0.4) is 0 Å². The second-order valence-corrected chi connectivity index (χ2v) is 11.9. The van der Waals surface area contributed by atoms with E-state index in [1.807, 2.05) is 0 Å². The fraction of sp³-hybridized carbons (Fsp3) is 0.680. The lowest BCUT2D eigenvalue weighted by Crippen LogP contribution is -2.53. The number of carbonyl (C=O) groups excluding carboxylic acids is 1. The summed E-state index contributed by atoms with van der Waals surface area (Å²) in [5.41, 5.74) is 3.39. The SMILES string of the molecule is CC(=O)[O-].CC(C)(C)CC(C)(C)n1c[n+](C(C)(C)CC(C)(C)C)c2ccccc21. The second-order valence-electron chi connectivity index (χ2n) is 11.9. The quantitative estimate of drug-likeness (QED) is 0.674. The fourth-order valence-electron chi connectivity index (χ4n) is 4.84. The molecule has 2 rings (SSSR count). The smallest absolute Gasteiger partial charge is 0.245 e. The molecular weight excluding hydrogens is 360 g/mol. The summed E-state index contributed by atoms with van der Waals surface area (Å²) >= 11 is 0. The molecule has 0 bridgehead atoms. The van der Waals surface area contributed by atoms with Crippen molar-refractivity contribution < 1.29 is 14.5 Å². The lowest BCUT2D eigenvalue weighted by Gasteiger charge is -2.31. The number of carbonyl (C=O) groups is 1. The third-order valence-electron chi connectivity index (χ3n) is 4.86. The molecule has 29 heavy (non-hydrogen) atoms. The lowest BCUT2D eigenvalue weighted by atomic mass is 9.81. The highest BCUT2D eigenvalue weighted by Crippen LogP contribution is 2.35. The number of carboxylic acids is 1. The number of rotatable bonds is 4. The highest BCUT2D eigenvalue weighted by molar-refractivity contribution is 5.72. The van der Waals surface area contributed by atoms with Gasteiger partial charge in [0.05, 0.1) is 0 Å². The van der Waals surface area contributed by atoms with Crippen molar-refractivity contribution in [3.05, 3.63) is 30.6 Å². The van der Waals surface area contributed by atoms with Gasteiger partial charge in [-0.2, -0.15) is 0 Å². The van der Waals surface area contributed by atoms with Crippen molar-refractivity contribution in [1.29, 1.82) is 0 Å². The summed E-state index contributed by atoms with van der Waals surface area (Å²) in [4.78, 5) is 8.89. The Balaban J connectivity index is 0.000000960. The first kappa shape index (κ1) is 25.2. The molecule has 0 radical (unpaired) electrons. The number of hydrogen-bond acceptors (Lipinski definition) is 2. The minimum atomic E-state index is -1.08. The molecule has 1 aromatic carbocycles. The molecule has 164 valence electrons. The number of aromatic nitrogens is 2. The van der Waals surface area contributed by atoms with Gasteiger partial charge in [0.1, 0.15) is 11.1 Å². The van der Waals surface area contributed by atoms with Crippen molar-refractivity contribution in [1.82, 2.24) is 4.57 Å². The van der Waals surface area contributed by atoms with Crippen molar-refractivity contribution in [2.24, 2.45) is 10.8 Å². The van der Waals surface area contributed by atoms with Crippen molar-refractivity contribution >= 4 is 17.0 Å². The fourth-order valence-corrected chi connectivity index (χ4v) is 4.84. The van der Waals surface area contributed by atoms with Crippen molar-refractivity contribution in [2.75, 3.05) is 0 Å². The van der Waals surface area contributed by atoms with Crippen LogP contribution in [0.25, 0.3) is 11.0 Å². The summed E-state index contributed by atoms with van der Waals surface area (Å²) in [7, 11) is 0. The van der Waals surface area contributed by atoms with E-state index >= 15 is 0 Å². The summed E-state index contributed by atoms with van der Waals surface area (Å²) in [5.74, 6) is -1.08. The second kappa shape index (κ2) is 8.49. The highest BCUT2D eigenvalue weighted by Gasteiger charge is 2.38. The molecule has 4 heteroatoms. The van der Waals surface area contributed by atoms with E-state index < -0.39 is 5.97 Å². The van der Waals surface area contributed by atoms with Gasteiger partial charge in [0, 0.05) is 5.97 Å². The Bertz CT molecular complexity index is 765. The van der Waals surface area contributed by atoms with Crippen LogP contribution in [0.15, 0.2) is 30.6 Å². The number of aliphatic carboxylic acids is 1. The molecule has 0 unspecified atom stereocenters. The van der Waals surface area contributed by atoms with Crippen LogP contribution in [-0.2, 0) is 15.9 Å². The first-order valence-electron chi connectivity index (χ1n) is 10.6. The van der Waals surface area contributed by atoms with Gasteiger partial charge in [-0.1, -0.05) is 53.7 Å². The van der Waals surface area contributed by atoms with Crippen LogP contribution < -0.4 is 9.67 Å². The Kier molecular flexibility index (Phi) is 7.38. The molecule has 2 aromatic rings. The van der Waals surface area contributed by atoms with Crippen LogP contribution >= 0.6 is 0 Å². The molecule has 0 atom stereocenters. The molecule has 4 nitrogen and oxygen atoms in total. The van der Waals surface area contributed by atoms with E-state index in [1.54, 1.807) is 0 Å². The summed E-state index contributed by atoms with van der Waals surface area (Å²) in [6.45, 7) is 24.4. The van der Waals surface area contributed by atoms with E-state index in [0.29, 0.717) is 10.8 Å². The van der Waals surface area contributed by atoms with Crippen LogP contribution in [0.5, 0.6) is 0 Å². The Morgan fingerprint density at radius 1 is 0.897 bits per heavy atom. The predicted octanol–water partition coefficient (Wildman–Crippen LogP) is 5.03. The molecule has 0 fully saturated rings. The molecule has 1 heterocycles. The van der Waals surface area contributed by atoms with Gasteiger partial charge in [0.25, 0.3) is 0 Å². The minimum absolute atomic E-state index is 0.0704.